The summed E-state index contributed by atoms with van der Waals surface area (Å²) in [6.07, 6.45) is 0. The lowest BCUT2D eigenvalue weighted by Gasteiger charge is -2.03. The summed E-state index contributed by atoms with van der Waals surface area (Å²) in [6, 6.07) is 9.22. The second kappa shape index (κ2) is 5.32. The molecule has 0 saturated carbocycles. The number of para-hydroxylation sites is 1. The fraction of sp³-hybridized carbons (Fsp3) is 0.300. The van der Waals surface area contributed by atoms with E-state index in [1.54, 1.807) is 12.1 Å². The van der Waals surface area contributed by atoms with Gasteiger partial charge in [-0.2, -0.15) is 0 Å². The molecular formula is C10H12O3. The van der Waals surface area contributed by atoms with Crippen LogP contribution in [0, 0.1) is 0 Å². The monoisotopic (exact) mass is 180 g/mol. The van der Waals surface area contributed by atoms with Crippen molar-refractivity contribution >= 4 is 5.78 Å². The predicted octanol–water partition coefficient (Wildman–Crippen LogP) is 1.28. The van der Waals surface area contributed by atoms with Gasteiger partial charge in [0, 0.05) is 7.11 Å². The number of hydrogen-bond acceptors (Lipinski definition) is 3. The third-order valence-corrected chi connectivity index (χ3v) is 1.45. The minimum Gasteiger partial charge on any atom is -0.486 e. The zero-order valence-electron chi connectivity index (χ0n) is 7.53. The van der Waals surface area contributed by atoms with E-state index in [4.69, 9.17) is 4.74 Å². The van der Waals surface area contributed by atoms with Crippen LogP contribution in [0.1, 0.15) is 0 Å². The lowest BCUT2D eigenvalue weighted by Crippen LogP contribution is -2.16. The molecule has 13 heavy (non-hydrogen) atoms. The van der Waals surface area contributed by atoms with Crippen molar-refractivity contribution in [2.75, 3.05) is 20.3 Å². The van der Waals surface area contributed by atoms with Crippen molar-refractivity contribution in [3.05, 3.63) is 30.3 Å². The van der Waals surface area contributed by atoms with Crippen LogP contribution < -0.4 is 4.74 Å². The van der Waals surface area contributed by atoms with Gasteiger partial charge in [0.1, 0.15) is 19.0 Å². The molecular weight excluding hydrogens is 168 g/mol. The second-order valence-corrected chi connectivity index (χ2v) is 2.57. The van der Waals surface area contributed by atoms with Crippen LogP contribution in [0.5, 0.6) is 5.75 Å². The van der Waals surface area contributed by atoms with Crippen LogP contribution in [-0.4, -0.2) is 26.1 Å². The summed E-state index contributed by atoms with van der Waals surface area (Å²) in [6.45, 7) is 0.171. The number of benzene rings is 1. The molecule has 0 spiro atoms. The maximum Gasteiger partial charge on any atom is 0.195 e. The number of carbonyl (C=O) groups is 1. The number of ether oxygens (including phenoxy) is 2. The molecule has 3 heteroatoms. The van der Waals surface area contributed by atoms with E-state index < -0.39 is 0 Å². The van der Waals surface area contributed by atoms with Crippen molar-refractivity contribution in [3.63, 3.8) is 0 Å². The summed E-state index contributed by atoms with van der Waals surface area (Å²) >= 11 is 0. The third-order valence-electron chi connectivity index (χ3n) is 1.45. The van der Waals surface area contributed by atoms with Crippen molar-refractivity contribution in [2.45, 2.75) is 0 Å². The molecule has 0 fully saturated rings. The van der Waals surface area contributed by atoms with Gasteiger partial charge < -0.3 is 9.47 Å². The molecule has 0 amide bonds. The highest BCUT2D eigenvalue weighted by Crippen LogP contribution is 2.07. The van der Waals surface area contributed by atoms with E-state index >= 15 is 0 Å². The molecule has 0 aliphatic heterocycles. The fourth-order valence-corrected chi connectivity index (χ4v) is 0.883. The summed E-state index contributed by atoms with van der Waals surface area (Å²) < 4.78 is 9.85. The van der Waals surface area contributed by atoms with Gasteiger partial charge in [0.05, 0.1) is 0 Å². The first kappa shape index (κ1) is 9.74. The number of methoxy groups -OCH3 is 1. The van der Waals surface area contributed by atoms with Crippen LogP contribution in [-0.2, 0) is 9.53 Å². The maximum atomic E-state index is 11.0. The molecule has 3 nitrogen and oxygen atoms in total. The van der Waals surface area contributed by atoms with E-state index in [1.165, 1.54) is 7.11 Å². The first-order chi connectivity index (χ1) is 6.33. The van der Waals surface area contributed by atoms with E-state index in [9.17, 15) is 4.79 Å². The van der Waals surface area contributed by atoms with Crippen molar-refractivity contribution in [1.29, 1.82) is 0 Å². The average Bonchev–Trinajstić information content (AvgIpc) is 2.17. The van der Waals surface area contributed by atoms with Crippen molar-refractivity contribution in [1.82, 2.24) is 0 Å². The van der Waals surface area contributed by atoms with E-state index in [0.717, 1.165) is 0 Å². The van der Waals surface area contributed by atoms with Crippen molar-refractivity contribution < 1.29 is 14.3 Å². The first-order valence-corrected chi connectivity index (χ1v) is 4.01. The lowest BCUT2D eigenvalue weighted by molar-refractivity contribution is -0.124. The molecule has 0 bridgehead atoms. The van der Waals surface area contributed by atoms with Gasteiger partial charge in [-0.05, 0) is 12.1 Å². The zero-order chi connectivity index (χ0) is 9.52. The summed E-state index contributed by atoms with van der Waals surface area (Å²) in [5, 5.41) is 0. The van der Waals surface area contributed by atoms with Gasteiger partial charge in [-0.15, -0.1) is 0 Å². The Kier molecular flexibility index (Phi) is 3.99. The Morgan fingerprint density at radius 2 is 1.92 bits per heavy atom. The van der Waals surface area contributed by atoms with E-state index in [-0.39, 0.29) is 19.0 Å². The molecule has 1 aromatic rings. The number of hydrogen-bond donors (Lipinski definition) is 0. The Labute approximate surface area is 77.3 Å². The smallest absolute Gasteiger partial charge is 0.195 e. The zero-order valence-corrected chi connectivity index (χ0v) is 7.53. The first-order valence-electron chi connectivity index (χ1n) is 4.01. The van der Waals surface area contributed by atoms with E-state index in [2.05, 4.69) is 4.74 Å². The largest absolute Gasteiger partial charge is 0.486 e. The minimum absolute atomic E-state index is 0.0636. The molecule has 0 radical (unpaired) electrons. The molecule has 0 N–H and O–H groups in total. The molecule has 70 valence electrons. The Hall–Kier alpha value is -1.35. The Morgan fingerprint density at radius 1 is 1.23 bits per heavy atom. The Bertz CT molecular complexity index is 256. The summed E-state index contributed by atoms with van der Waals surface area (Å²) in [7, 11) is 1.49. The molecule has 1 aromatic carbocycles. The Balaban J connectivity index is 2.31. The van der Waals surface area contributed by atoms with Gasteiger partial charge in [-0.3, -0.25) is 4.79 Å². The van der Waals surface area contributed by atoms with Crippen LogP contribution in [0.4, 0.5) is 0 Å². The lowest BCUT2D eigenvalue weighted by atomic mass is 10.3. The molecule has 0 aliphatic rings. The van der Waals surface area contributed by atoms with Crippen LogP contribution >= 0.6 is 0 Å². The van der Waals surface area contributed by atoms with Gasteiger partial charge in [-0.1, -0.05) is 18.2 Å². The number of carbonyl (C=O) groups excluding carboxylic acids is 1. The number of Topliss-reactive ketones (excluding diaryl/α,β-unsaturated/α-hetero) is 1. The molecule has 0 saturated heterocycles. The van der Waals surface area contributed by atoms with Crippen molar-refractivity contribution in [3.8, 4) is 5.75 Å². The van der Waals surface area contributed by atoms with Gasteiger partial charge in [0.2, 0.25) is 0 Å². The SMILES string of the molecule is COCC(=O)COc1ccccc1. The van der Waals surface area contributed by atoms with Crippen LogP contribution in [0.2, 0.25) is 0 Å². The summed E-state index contributed by atoms with van der Waals surface area (Å²) in [5.74, 6) is 0.637. The van der Waals surface area contributed by atoms with Gasteiger partial charge in [0.25, 0.3) is 0 Å². The topological polar surface area (TPSA) is 35.5 Å². The van der Waals surface area contributed by atoms with Crippen molar-refractivity contribution in [2.24, 2.45) is 0 Å². The standard InChI is InChI=1S/C10H12O3/c1-12-7-9(11)8-13-10-5-3-2-4-6-10/h2-6H,7-8H2,1H3. The third kappa shape index (κ3) is 3.71. The predicted molar refractivity (Wildman–Crippen MR) is 48.8 cm³/mol. The molecule has 0 unspecified atom stereocenters. The molecule has 0 heterocycles. The summed E-state index contributed by atoms with van der Waals surface area (Å²) in [5.41, 5.74) is 0. The van der Waals surface area contributed by atoms with E-state index in [1.807, 2.05) is 18.2 Å². The van der Waals surface area contributed by atoms with Crippen LogP contribution in [0.3, 0.4) is 0 Å². The normalized spacial score (nSPS) is 9.62. The molecule has 0 aromatic heterocycles. The minimum atomic E-state index is -0.0636. The Morgan fingerprint density at radius 3 is 2.54 bits per heavy atom. The number of rotatable bonds is 5. The highest BCUT2D eigenvalue weighted by atomic mass is 16.5. The van der Waals surface area contributed by atoms with Crippen LogP contribution in [0.15, 0.2) is 30.3 Å². The number of ketones is 1. The molecule has 0 aliphatic carbocycles. The van der Waals surface area contributed by atoms with Gasteiger partial charge in [0.15, 0.2) is 5.78 Å². The quantitative estimate of drug-likeness (QED) is 0.684. The molecule has 1 rings (SSSR count). The average molecular weight is 180 g/mol. The highest BCUT2D eigenvalue weighted by Gasteiger charge is 2.00. The van der Waals surface area contributed by atoms with Gasteiger partial charge in [-0.25, -0.2) is 0 Å². The highest BCUT2D eigenvalue weighted by molar-refractivity contribution is 5.81. The van der Waals surface area contributed by atoms with E-state index in [0.29, 0.717) is 5.75 Å². The molecule has 0 atom stereocenters. The maximum absolute atomic E-state index is 11.0. The summed E-state index contributed by atoms with van der Waals surface area (Å²) in [4.78, 5) is 11.0. The fourth-order valence-electron chi connectivity index (χ4n) is 0.883. The second-order valence-electron chi connectivity index (χ2n) is 2.57. The van der Waals surface area contributed by atoms with Gasteiger partial charge >= 0.3 is 0 Å². The van der Waals surface area contributed by atoms with Crippen LogP contribution in [0.25, 0.3) is 0 Å².